The molecular weight excluding hydrogens is 590 g/mol. The van der Waals surface area contributed by atoms with E-state index < -0.39 is 28.5 Å². The molecule has 40 heavy (non-hydrogen) atoms. The summed E-state index contributed by atoms with van der Waals surface area (Å²) in [5.41, 5.74) is 2.26. The van der Waals surface area contributed by atoms with E-state index in [1.807, 2.05) is 38.1 Å². The number of benzene rings is 3. The topological polar surface area (TPSA) is 86.8 Å². The molecule has 3 aromatic carbocycles. The highest BCUT2D eigenvalue weighted by molar-refractivity contribution is 9.10. The van der Waals surface area contributed by atoms with Crippen LogP contribution in [0.5, 0.6) is 0 Å². The van der Waals surface area contributed by atoms with Gasteiger partial charge in [-0.15, -0.1) is 0 Å². The maximum absolute atomic E-state index is 14.2. The van der Waals surface area contributed by atoms with Crippen molar-refractivity contribution in [1.82, 2.24) is 10.2 Å². The van der Waals surface area contributed by atoms with Crippen molar-refractivity contribution >= 4 is 43.5 Å². The van der Waals surface area contributed by atoms with Crippen LogP contribution in [0.4, 0.5) is 5.69 Å². The van der Waals surface area contributed by atoms with Crippen molar-refractivity contribution in [2.45, 2.75) is 69.5 Å². The molecule has 0 spiro atoms. The number of hydrogen-bond acceptors (Lipinski definition) is 4. The Hall–Kier alpha value is -3.17. The van der Waals surface area contributed by atoms with E-state index in [1.165, 1.54) is 12.1 Å². The van der Waals surface area contributed by atoms with Gasteiger partial charge >= 0.3 is 0 Å². The van der Waals surface area contributed by atoms with Crippen molar-refractivity contribution in [1.29, 1.82) is 0 Å². The number of halogens is 1. The van der Waals surface area contributed by atoms with Crippen LogP contribution in [-0.4, -0.2) is 43.8 Å². The van der Waals surface area contributed by atoms with Gasteiger partial charge < -0.3 is 10.2 Å². The van der Waals surface area contributed by atoms with Crippen LogP contribution in [0.3, 0.4) is 0 Å². The summed E-state index contributed by atoms with van der Waals surface area (Å²) in [7, 11) is -4.08. The number of nitrogens with one attached hydrogen (secondary N) is 1. The molecule has 1 N–H and O–H groups in total. The number of amides is 2. The summed E-state index contributed by atoms with van der Waals surface area (Å²) < 4.78 is 29.6. The van der Waals surface area contributed by atoms with Gasteiger partial charge in [-0.1, -0.05) is 78.2 Å². The van der Waals surface area contributed by atoms with E-state index in [0.717, 1.165) is 45.6 Å². The molecule has 1 saturated carbocycles. The monoisotopic (exact) mass is 625 g/mol. The molecule has 1 aliphatic carbocycles. The molecule has 9 heteroatoms. The zero-order chi connectivity index (χ0) is 28.7. The molecule has 0 saturated heterocycles. The minimum Gasteiger partial charge on any atom is -0.352 e. The van der Waals surface area contributed by atoms with E-state index >= 15 is 0 Å². The molecular formula is C31H36BrN3O4S. The Kier molecular flexibility index (Phi) is 10.0. The zero-order valence-electron chi connectivity index (χ0n) is 22.9. The molecule has 0 aromatic heterocycles. The van der Waals surface area contributed by atoms with Gasteiger partial charge in [0.1, 0.15) is 12.6 Å². The fraction of sp³-hybridized carbons (Fsp3) is 0.355. The second kappa shape index (κ2) is 13.5. The van der Waals surface area contributed by atoms with E-state index in [2.05, 4.69) is 21.2 Å². The molecule has 1 fully saturated rings. The molecule has 1 atom stereocenters. The van der Waals surface area contributed by atoms with Crippen LogP contribution < -0.4 is 9.62 Å². The van der Waals surface area contributed by atoms with Crippen molar-refractivity contribution in [3.8, 4) is 0 Å². The number of rotatable bonds is 11. The summed E-state index contributed by atoms with van der Waals surface area (Å²) in [6.45, 7) is 3.59. The number of aryl methyl sites for hydroxylation is 1. The minimum absolute atomic E-state index is 0.0854. The van der Waals surface area contributed by atoms with E-state index in [1.54, 1.807) is 47.4 Å². The lowest BCUT2D eigenvalue weighted by Gasteiger charge is -2.34. The largest absolute Gasteiger partial charge is 0.352 e. The molecule has 0 aliphatic heterocycles. The Balaban J connectivity index is 1.71. The number of nitrogens with zero attached hydrogens (tertiary/aromatic N) is 2. The molecule has 0 heterocycles. The van der Waals surface area contributed by atoms with Gasteiger partial charge in [0.25, 0.3) is 10.0 Å². The minimum atomic E-state index is -4.08. The summed E-state index contributed by atoms with van der Waals surface area (Å²) in [5.74, 6) is -0.642. The van der Waals surface area contributed by atoms with Crippen molar-refractivity contribution in [2.75, 3.05) is 10.8 Å². The van der Waals surface area contributed by atoms with Crippen molar-refractivity contribution < 1.29 is 18.0 Å². The van der Waals surface area contributed by atoms with Crippen LogP contribution in [0, 0.1) is 6.92 Å². The van der Waals surface area contributed by atoms with Gasteiger partial charge in [-0.05, 0) is 73.7 Å². The lowest BCUT2D eigenvalue weighted by Crippen LogP contribution is -2.53. The number of carbonyl (C=O) groups excluding carboxylic acids is 2. The van der Waals surface area contributed by atoms with Crippen LogP contribution in [0.2, 0.25) is 0 Å². The second-order valence-electron chi connectivity index (χ2n) is 10.2. The molecule has 3 aromatic rings. The van der Waals surface area contributed by atoms with Gasteiger partial charge in [-0.3, -0.25) is 13.9 Å². The first kappa shape index (κ1) is 29.8. The third-order valence-corrected chi connectivity index (χ3v) is 9.73. The van der Waals surface area contributed by atoms with Crippen LogP contribution in [-0.2, 0) is 26.2 Å². The van der Waals surface area contributed by atoms with Gasteiger partial charge in [0, 0.05) is 17.1 Å². The zero-order valence-corrected chi connectivity index (χ0v) is 25.3. The van der Waals surface area contributed by atoms with Gasteiger partial charge in [-0.2, -0.15) is 0 Å². The highest BCUT2D eigenvalue weighted by atomic mass is 79.9. The third-order valence-electron chi connectivity index (χ3n) is 7.41. The summed E-state index contributed by atoms with van der Waals surface area (Å²) >= 11 is 3.40. The first-order valence-electron chi connectivity index (χ1n) is 13.7. The molecule has 0 bridgehead atoms. The van der Waals surface area contributed by atoms with Gasteiger partial charge in [-0.25, -0.2) is 8.42 Å². The second-order valence-corrected chi connectivity index (χ2v) is 12.9. The summed E-state index contributed by atoms with van der Waals surface area (Å²) in [4.78, 5) is 29.3. The van der Waals surface area contributed by atoms with Crippen molar-refractivity contribution in [2.24, 2.45) is 0 Å². The van der Waals surface area contributed by atoms with Gasteiger partial charge in [0.2, 0.25) is 11.8 Å². The summed E-state index contributed by atoms with van der Waals surface area (Å²) in [6, 6.07) is 22.0. The van der Waals surface area contributed by atoms with Crippen molar-refractivity contribution in [3.63, 3.8) is 0 Å². The fourth-order valence-electron chi connectivity index (χ4n) is 5.11. The maximum Gasteiger partial charge on any atom is 0.264 e. The predicted molar refractivity (Wildman–Crippen MR) is 161 cm³/mol. The van der Waals surface area contributed by atoms with Gasteiger partial charge in [0.05, 0.1) is 10.6 Å². The normalized spacial score (nSPS) is 14.5. The lowest BCUT2D eigenvalue weighted by atomic mass is 10.1. The van der Waals surface area contributed by atoms with E-state index in [-0.39, 0.29) is 23.4 Å². The third kappa shape index (κ3) is 7.12. The smallest absolute Gasteiger partial charge is 0.264 e. The summed E-state index contributed by atoms with van der Waals surface area (Å²) in [6.07, 6.45) is 4.42. The first-order valence-corrected chi connectivity index (χ1v) is 15.9. The first-order chi connectivity index (χ1) is 19.2. The highest BCUT2D eigenvalue weighted by Gasteiger charge is 2.34. The summed E-state index contributed by atoms with van der Waals surface area (Å²) in [5, 5.41) is 3.14. The molecule has 0 unspecified atom stereocenters. The molecule has 2 amide bonds. The molecule has 1 aliphatic rings. The Morgan fingerprint density at radius 1 is 0.950 bits per heavy atom. The molecule has 7 nitrogen and oxygen atoms in total. The number of carbonyl (C=O) groups is 2. The van der Waals surface area contributed by atoms with Crippen molar-refractivity contribution in [3.05, 3.63) is 94.5 Å². The standard InChI is InChI=1S/C31H36BrN3O4S/c1-3-29(31(37)33-26-13-9-10-14-26)34(21-24-12-8-7-11-23(24)2)30(36)22-35(27-19-17-25(32)18-20-27)40(38,39)28-15-5-4-6-16-28/h4-8,11-12,15-20,26,29H,3,9-10,13-14,21-22H2,1-2H3,(H,33,37)/t29-/m0/s1. The molecule has 212 valence electrons. The van der Waals surface area contributed by atoms with Crippen LogP contribution >= 0.6 is 15.9 Å². The number of anilines is 1. The Labute approximate surface area is 245 Å². The highest BCUT2D eigenvalue weighted by Crippen LogP contribution is 2.27. The van der Waals surface area contributed by atoms with E-state index in [4.69, 9.17) is 0 Å². The lowest BCUT2D eigenvalue weighted by molar-refractivity contribution is -0.140. The average molecular weight is 627 g/mol. The van der Waals surface area contributed by atoms with E-state index in [9.17, 15) is 18.0 Å². The van der Waals surface area contributed by atoms with Gasteiger partial charge in [0.15, 0.2) is 0 Å². The van der Waals surface area contributed by atoms with Crippen LogP contribution in [0.1, 0.15) is 50.2 Å². The fourth-order valence-corrected chi connectivity index (χ4v) is 6.81. The van der Waals surface area contributed by atoms with Crippen LogP contribution in [0.25, 0.3) is 0 Å². The Morgan fingerprint density at radius 2 is 1.57 bits per heavy atom. The van der Waals surface area contributed by atoms with Crippen LogP contribution in [0.15, 0.2) is 88.2 Å². The quantitative estimate of drug-likeness (QED) is 0.291. The number of hydrogen-bond donors (Lipinski definition) is 1. The predicted octanol–water partition coefficient (Wildman–Crippen LogP) is 5.82. The Bertz CT molecular complexity index is 1410. The maximum atomic E-state index is 14.2. The van der Waals surface area contributed by atoms with E-state index in [0.29, 0.717) is 12.1 Å². The molecule has 4 rings (SSSR count). The molecule has 0 radical (unpaired) electrons. The number of sulfonamides is 1. The average Bonchev–Trinajstić information content (AvgIpc) is 3.46. The SMILES string of the molecule is CC[C@@H](C(=O)NC1CCCC1)N(Cc1ccccc1C)C(=O)CN(c1ccc(Br)cc1)S(=O)(=O)c1ccccc1. The Morgan fingerprint density at radius 3 is 2.20 bits per heavy atom.